The van der Waals surface area contributed by atoms with Crippen molar-refractivity contribution in [2.75, 3.05) is 6.79 Å². The van der Waals surface area contributed by atoms with Gasteiger partial charge in [-0.15, -0.1) is 0 Å². The van der Waals surface area contributed by atoms with Gasteiger partial charge in [0.2, 0.25) is 6.79 Å². The molecule has 2 aromatic carbocycles. The van der Waals surface area contributed by atoms with Crippen LogP contribution in [0.5, 0.6) is 11.5 Å². The molecule has 1 N–H and O–H groups in total. The summed E-state index contributed by atoms with van der Waals surface area (Å²) < 4.78 is 24.5. The summed E-state index contributed by atoms with van der Waals surface area (Å²) in [6, 6.07) is 7.85. The molecule has 0 aromatic heterocycles. The highest BCUT2D eigenvalue weighted by molar-refractivity contribution is 9.10. The molecule has 5 heteroatoms. The fourth-order valence-electron chi connectivity index (χ4n) is 2.27. The van der Waals surface area contributed by atoms with Crippen molar-refractivity contribution in [1.82, 2.24) is 0 Å². The van der Waals surface area contributed by atoms with Gasteiger partial charge in [-0.3, -0.25) is 0 Å². The molecule has 1 heterocycles. The summed E-state index contributed by atoms with van der Waals surface area (Å²) in [5.74, 6) is 0.912. The van der Waals surface area contributed by atoms with Gasteiger partial charge in [-0.25, -0.2) is 4.39 Å². The van der Waals surface area contributed by atoms with Crippen LogP contribution in [0.2, 0.25) is 0 Å². The molecular formula is C15H12BrFO3. The second-order valence-corrected chi connectivity index (χ2v) is 5.49. The number of halogens is 2. The van der Waals surface area contributed by atoms with Gasteiger partial charge in [-0.1, -0.05) is 6.07 Å². The fraction of sp³-hybridized carbons (Fsp3) is 0.200. The van der Waals surface area contributed by atoms with Crippen LogP contribution in [-0.4, -0.2) is 11.9 Å². The molecule has 1 aliphatic rings. The van der Waals surface area contributed by atoms with E-state index in [9.17, 15) is 9.50 Å². The zero-order valence-corrected chi connectivity index (χ0v) is 12.3. The molecule has 0 saturated heterocycles. The van der Waals surface area contributed by atoms with Crippen molar-refractivity contribution in [3.63, 3.8) is 0 Å². The normalized spacial score (nSPS) is 14.4. The van der Waals surface area contributed by atoms with Gasteiger partial charge in [-0.2, -0.15) is 0 Å². The Morgan fingerprint density at radius 1 is 1.25 bits per heavy atom. The van der Waals surface area contributed by atoms with Crippen LogP contribution >= 0.6 is 15.9 Å². The van der Waals surface area contributed by atoms with Crippen molar-refractivity contribution < 1.29 is 19.0 Å². The summed E-state index contributed by atoms with van der Waals surface area (Å²) in [6.07, 6.45) is -0.846. The predicted octanol–water partition coefficient (Wildman–Crippen LogP) is 3.71. The van der Waals surface area contributed by atoms with Gasteiger partial charge in [0.05, 0.1) is 4.47 Å². The third-order valence-corrected chi connectivity index (χ3v) is 3.88. The van der Waals surface area contributed by atoms with Crippen LogP contribution in [0.3, 0.4) is 0 Å². The largest absolute Gasteiger partial charge is 0.454 e. The third kappa shape index (κ3) is 2.27. The second-order valence-electron chi connectivity index (χ2n) is 4.64. The molecule has 3 nitrogen and oxygen atoms in total. The van der Waals surface area contributed by atoms with E-state index in [4.69, 9.17) is 9.47 Å². The monoisotopic (exact) mass is 338 g/mol. The van der Waals surface area contributed by atoms with E-state index in [1.807, 2.05) is 0 Å². The number of aliphatic hydroxyl groups is 1. The first-order valence-electron chi connectivity index (χ1n) is 6.09. The van der Waals surface area contributed by atoms with Crippen molar-refractivity contribution in [2.45, 2.75) is 13.0 Å². The third-order valence-electron chi connectivity index (χ3n) is 3.29. The molecule has 0 radical (unpaired) electrons. The molecule has 0 saturated carbocycles. The minimum atomic E-state index is -0.846. The molecule has 0 bridgehead atoms. The summed E-state index contributed by atoms with van der Waals surface area (Å²) in [6.45, 7) is 1.94. The molecular weight excluding hydrogens is 327 g/mol. The molecule has 0 aliphatic carbocycles. The summed E-state index contributed by atoms with van der Waals surface area (Å²) >= 11 is 3.39. The Hall–Kier alpha value is -1.59. The fourth-order valence-corrected chi connectivity index (χ4v) is 2.84. The van der Waals surface area contributed by atoms with E-state index in [-0.39, 0.29) is 12.6 Å². The van der Waals surface area contributed by atoms with E-state index < -0.39 is 6.10 Å². The smallest absolute Gasteiger partial charge is 0.231 e. The zero-order chi connectivity index (χ0) is 14.3. The Bertz CT molecular complexity index is 672. The lowest BCUT2D eigenvalue weighted by Crippen LogP contribution is -2.02. The van der Waals surface area contributed by atoms with Gasteiger partial charge in [0, 0.05) is 0 Å². The maximum Gasteiger partial charge on any atom is 0.231 e. The van der Waals surface area contributed by atoms with E-state index in [2.05, 4.69) is 15.9 Å². The number of ether oxygens (including phenoxy) is 2. The molecule has 0 fully saturated rings. The van der Waals surface area contributed by atoms with Crippen LogP contribution in [-0.2, 0) is 0 Å². The molecule has 20 heavy (non-hydrogen) atoms. The summed E-state index contributed by atoms with van der Waals surface area (Å²) in [7, 11) is 0. The standard InChI is InChI=1S/C15H12BrFO3/c1-8-4-10(17)2-3-11(8)14(18)9-5-12(16)15-13(6-9)19-7-20-15/h2-6,14,18H,7H2,1H3. The van der Waals surface area contributed by atoms with Gasteiger partial charge in [-0.05, 0) is 63.8 Å². The van der Waals surface area contributed by atoms with Crippen molar-refractivity contribution >= 4 is 15.9 Å². The number of aliphatic hydroxyl groups excluding tert-OH is 1. The Kier molecular flexibility index (Phi) is 3.40. The van der Waals surface area contributed by atoms with Gasteiger partial charge >= 0.3 is 0 Å². The molecule has 1 aliphatic heterocycles. The lowest BCUT2D eigenvalue weighted by Gasteiger charge is -2.15. The number of aryl methyl sites for hydroxylation is 1. The van der Waals surface area contributed by atoms with Crippen LogP contribution in [0.4, 0.5) is 4.39 Å². The Morgan fingerprint density at radius 2 is 2.05 bits per heavy atom. The maximum absolute atomic E-state index is 13.1. The number of rotatable bonds is 2. The first-order valence-corrected chi connectivity index (χ1v) is 6.88. The molecule has 3 rings (SSSR count). The summed E-state index contributed by atoms with van der Waals surface area (Å²) in [4.78, 5) is 0. The van der Waals surface area contributed by atoms with Crippen molar-refractivity contribution in [2.24, 2.45) is 0 Å². The topological polar surface area (TPSA) is 38.7 Å². The van der Waals surface area contributed by atoms with Crippen LogP contribution in [0.25, 0.3) is 0 Å². The van der Waals surface area contributed by atoms with Gasteiger partial charge < -0.3 is 14.6 Å². The highest BCUT2D eigenvalue weighted by atomic mass is 79.9. The highest BCUT2D eigenvalue weighted by Gasteiger charge is 2.22. The summed E-state index contributed by atoms with van der Waals surface area (Å²) in [5.41, 5.74) is 2.03. The maximum atomic E-state index is 13.1. The average molecular weight is 339 g/mol. The Balaban J connectivity index is 2.02. The van der Waals surface area contributed by atoms with E-state index >= 15 is 0 Å². The highest BCUT2D eigenvalue weighted by Crippen LogP contribution is 2.42. The molecule has 0 spiro atoms. The van der Waals surface area contributed by atoms with Gasteiger partial charge in [0.25, 0.3) is 0 Å². The van der Waals surface area contributed by atoms with Gasteiger partial charge in [0.15, 0.2) is 11.5 Å². The first kappa shape index (κ1) is 13.4. The van der Waals surface area contributed by atoms with Crippen LogP contribution in [0, 0.1) is 12.7 Å². The predicted molar refractivity (Wildman–Crippen MR) is 75.5 cm³/mol. The molecule has 0 amide bonds. The minimum absolute atomic E-state index is 0.170. The lowest BCUT2D eigenvalue weighted by atomic mass is 9.97. The number of hydrogen-bond acceptors (Lipinski definition) is 3. The molecule has 1 unspecified atom stereocenters. The quantitative estimate of drug-likeness (QED) is 0.907. The molecule has 104 valence electrons. The Morgan fingerprint density at radius 3 is 2.80 bits per heavy atom. The molecule has 1 atom stereocenters. The summed E-state index contributed by atoms with van der Waals surface area (Å²) in [5, 5.41) is 10.5. The molecule has 2 aromatic rings. The average Bonchev–Trinajstić information content (AvgIpc) is 2.87. The van der Waals surface area contributed by atoms with Crippen LogP contribution < -0.4 is 9.47 Å². The van der Waals surface area contributed by atoms with Crippen molar-refractivity contribution in [3.8, 4) is 11.5 Å². The SMILES string of the molecule is Cc1cc(F)ccc1C(O)c1cc(Br)c2c(c1)OCO2. The van der Waals surface area contributed by atoms with E-state index in [0.717, 1.165) is 4.47 Å². The van der Waals surface area contributed by atoms with Crippen LogP contribution in [0.1, 0.15) is 22.8 Å². The van der Waals surface area contributed by atoms with E-state index in [1.165, 1.54) is 12.1 Å². The van der Waals surface area contributed by atoms with E-state index in [1.54, 1.807) is 25.1 Å². The Labute approximate surface area is 124 Å². The van der Waals surface area contributed by atoms with Crippen molar-refractivity contribution in [3.05, 3.63) is 57.3 Å². The van der Waals surface area contributed by atoms with Crippen molar-refractivity contribution in [1.29, 1.82) is 0 Å². The second kappa shape index (κ2) is 5.07. The van der Waals surface area contributed by atoms with Crippen LogP contribution in [0.15, 0.2) is 34.8 Å². The first-order chi connectivity index (χ1) is 9.56. The number of benzene rings is 2. The number of fused-ring (bicyclic) bond motifs is 1. The van der Waals surface area contributed by atoms with Gasteiger partial charge in [0.1, 0.15) is 11.9 Å². The van der Waals surface area contributed by atoms with E-state index in [0.29, 0.717) is 28.2 Å². The number of hydrogen-bond donors (Lipinski definition) is 1. The lowest BCUT2D eigenvalue weighted by molar-refractivity contribution is 0.173. The zero-order valence-electron chi connectivity index (χ0n) is 10.7. The minimum Gasteiger partial charge on any atom is -0.454 e.